The number of hydrogen-bond donors (Lipinski definition) is 1. The summed E-state index contributed by atoms with van der Waals surface area (Å²) in [6.07, 6.45) is 4.37. The average molecular weight is 261 g/mol. The Bertz CT molecular complexity index is 594. The molecule has 0 bridgehead atoms. The first kappa shape index (κ1) is 12.3. The van der Waals surface area contributed by atoms with Gasteiger partial charge in [0.25, 0.3) is 5.78 Å². The van der Waals surface area contributed by atoms with E-state index >= 15 is 0 Å². The number of nitrogens with zero attached hydrogens (tertiary/aromatic N) is 4. The van der Waals surface area contributed by atoms with Gasteiger partial charge in [-0.1, -0.05) is 6.42 Å². The monoisotopic (exact) mass is 261 g/mol. The second-order valence-corrected chi connectivity index (χ2v) is 5.26. The van der Waals surface area contributed by atoms with Crippen LogP contribution in [-0.2, 0) is 0 Å². The van der Waals surface area contributed by atoms with Crippen LogP contribution >= 0.6 is 0 Å². The van der Waals surface area contributed by atoms with E-state index in [4.69, 9.17) is 10.5 Å². The minimum atomic E-state index is 0.276. The summed E-state index contributed by atoms with van der Waals surface area (Å²) >= 11 is 0. The molecule has 2 N–H and O–H groups in total. The van der Waals surface area contributed by atoms with Crippen molar-refractivity contribution in [3.63, 3.8) is 0 Å². The lowest BCUT2D eigenvalue weighted by atomic mass is 9.85. The van der Waals surface area contributed by atoms with Crippen molar-refractivity contribution >= 4 is 5.78 Å². The third-order valence-electron chi connectivity index (χ3n) is 3.86. The Morgan fingerprint density at radius 1 is 1.37 bits per heavy atom. The SMILES string of the molecule is COc1cc(C)n2c([C@H]3CCCC(N)C3)nnc2n1. The molecule has 0 amide bonds. The number of aryl methyl sites for hydroxylation is 1. The predicted molar refractivity (Wildman–Crippen MR) is 71.3 cm³/mol. The van der Waals surface area contributed by atoms with Crippen LogP contribution in [-0.4, -0.2) is 32.7 Å². The van der Waals surface area contributed by atoms with Crippen LogP contribution in [0.5, 0.6) is 5.88 Å². The highest BCUT2D eigenvalue weighted by Crippen LogP contribution is 2.31. The molecule has 0 spiro atoms. The van der Waals surface area contributed by atoms with E-state index in [9.17, 15) is 0 Å². The molecule has 2 aromatic heterocycles. The summed E-state index contributed by atoms with van der Waals surface area (Å²) < 4.78 is 7.18. The molecule has 1 fully saturated rings. The molecule has 19 heavy (non-hydrogen) atoms. The van der Waals surface area contributed by atoms with E-state index < -0.39 is 0 Å². The highest BCUT2D eigenvalue weighted by Gasteiger charge is 2.25. The quantitative estimate of drug-likeness (QED) is 0.884. The summed E-state index contributed by atoms with van der Waals surface area (Å²) in [5.41, 5.74) is 7.11. The summed E-state index contributed by atoms with van der Waals surface area (Å²) in [4.78, 5) is 4.32. The van der Waals surface area contributed by atoms with E-state index in [1.807, 2.05) is 17.4 Å². The van der Waals surface area contributed by atoms with Crippen LogP contribution in [0.2, 0.25) is 0 Å². The molecule has 1 aliphatic carbocycles. The lowest BCUT2D eigenvalue weighted by Crippen LogP contribution is -2.27. The van der Waals surface area contributed by atoms with E-state index in [1.54, 1.807) is 7.11 Å². The van der Waals surface area contributed by atoms with Gasteiger partial charge in [0.1, 0.15) is 5.82 Å². The number of hydrogen-bond acceptors (Lipinski definition) is 5. The van der Waals surface area contributed by atoms with Gasteiger partial charge in [0, 0.05) is 23.7 Å². The molecular formula is C13H19N5O. The van der Waals surface area contributed by atoms with E-state index in [0.29, 0.717) is 17.6 Å². The molecule has 2 aromatic rings. The number of ether oxygens (including phenoxy) is 1. The fraction of sp³-hybridized carbons (Fsp3) is 0.615. The summed E-state index contributed by atoms with van der Waals surface area (Å²) in [5.74, 6) is 2.54. The summed E-state index contributed by atoms with van der Waals surface area (Å²) in [5, 5.41) is 8.50. The Hall–Kier alpha value is -1.69. The third kappa shape index (κ3) is 2.16. The van der Waals surface area contributed by atoms with Crippen LogP contribution in [0.1, 0.15) is 43.1 Å². The molecule has 6 heteroatoms. The zero-order chi connectivity index (χ0) is 13.4. The molecule has 2 atom stereocenters. The highest BCUT2D eigenvalue weighted by atomic mass is 16.5. The number of rotatable bonds is 2. The van der Waals surface area contributed by atoms with Gasteiger partial charge in [-0.15, -0.1) is 10.2 Å². The second kappa shape index (κ2) is 4.77. The van der Waals surface area contributed by atoms with E-state index in [0.717, 1.165) is 37.2 Å². The van der Waals surface area contributed by atoms with Crippen molar-refractivity contribution in [2.75, 3.05) is 7.11 Å². The van der Waals surface area contributed by atoms with Crippen molar-refractivity contribution in [1.82, 2.24) is 19.6 Å². The average Bonchev–Trinajstić information content (AvgIpc) is 2.83. The van der Waals surface area contributed by atoms with Gasteiger partial charge in [-0.2, -0.15) is 4.98 Å². The molecule has 0 saturated heterocycles. The minimum Gasteiger partial charge on any atom is -0.481 e. The van der Waals surface area contributed by atoms with Gasteiger partial charge in [0.05, 0.1) is 7.11 Å². The lowest BCUT2D eigenvalue weighted by Gasteiger charge is -2.25. The third-order valence-corrected chi connectivity index (χ3v) is 3.86. The number of nitrogens with two attached hydrogens (primary N) is 1. The van der Waals surface area contributed by atoms with E-state index in [1.165, 1.54) is 0 Å². The normalized spacial score (nSPS) is 23.7. The van der Waals surface area contributed by atoms with Crippen LogP contribution in [0, 0.1) is 6.92 Å². The first-order valence-corrected chi connectivity index (χ1v) is 6.71. The van der Waals surface area contributed by atoms with Crippen molar-refractivity contribution in [2.24, 2.45) is 5.73 Å². The minimum absolute atomic E-state index is 0.276. The van der Waals surface area contributed by atoms with Gasteiger partial charge in [0.2, 0.25) is 5.88 Å². The van der Waals surface area contributed by atoms with E-state index in [2.05, 4.69) is 15.2 Å². The first-order valence-electron chi connectivity index (χ1n) is 6.71. The lowest BCUT2D eigenvalue weighted by molar-refractivity contribution is 0.379. The molecule has 1 saturated carbocycles. The Morgan fingerprint density at radius 3 is 2.95 bits per heavy atom. The van der Waals surface area contributed by atoms with Gasteiger partial charge in [-0.25, -0.2) is 0 Å². The molecule has 3 rings (SSSR count). The van der Waals surface area contributed by atoms with Crippen LogP contribution < -0.4 is 10.5 Å². The summed E-state index contributed by atoms with van der Waals surface area (Å²) in [6, 6.07) is 2.18. The Balaban J connectivity index is 2.05. The first-order chi connectivity index (χ1) is 9.19. The van der Waals surface area contributed by atoms with Crippen molar-refractivity contribution in [3.8, 4) is 5.88 Å². The Kier molecular flexibility index (Phi) is 3.10. The number of aromatic nitrogens is 4. The predicted octanol–water partition coefficient (Wildman–Crippen LogP) is 1.43. The van der Waals surface area contributed by atoms with Crippen molar-refractivity contribution in [2.45, 2.75) is 44.6 Å². The molecule has 6 nitrogen and oxygen atoms in total. The molecule has 0 radical (unpaired) electrons. The van der Waals surface area contributed by atoms with Crippen LogP contribution in [0.3, 0.4) is 0 Å². The van der Waals surface area contributed by atoms with Gasteiger partial charge >= 0.3 is 0 Å². The highest BCUT2D eigenvalue weighted by molar-refractivity contribution is 5.35. The number of methoxy groups -OCH3 is 1. The fourth-order valence-electron chi connectivity index (χ4n) is 2.90. The molecule has 0 aliphatic heterocycles. The topological polar surface area (TPSA) is 78.3 Å². The van der Waals surface area contributed by atoms with Crippen molar-refractivity contribution < 1.29 is 4.74 Å². The summed E-state index contributed by atoms with van der Waals surface area (Å²) in [6.45, 7) is 2.02. The molecule has 1 aliphatic rings. The Labute approximate surface area is 112 Å². The van der Waals surface area contributed by atoms with Gasteiger partial charge in [-0.05, 0) is 26.2 Å². The molecule has 0 aromatic carbocycles. The number of fused-ring (bicyclic) bond motifs is 1. The fourth-order valence-corrected chi connectivity index (χ4v) is 2.90. The van der Waals surface area contributed by atoms with Crippen LogP contribution in [0.25, 0.3) is 5.78 Å². The van der Waals surface area contributed by atoms with E-state index in [-0.39, 0.29) is 6.04 Å². The maximum Gasteiger partial charge on any atom is 0.258 e. The largest absolute Gasteiger partial charge is 0.481 e. The second-order valence-electron chi connectivity index (χ2n) is 5.26. The Morgan fingerprint density at radius 2 is 2.21 bits per heavy atom. The maximum atomic E-state index is 6.07. The zero-order valence-electron chi connectivity index (χ0n) is 11.3. The van der Waals surface area contributed by atoms with Gasteiger partial charge < -0.3 is 10.5 Å². The summed E-state index contributed by atoms with van der Waals surface area (Å²) in [7, 11) is 1.61. The standard InChI is InChI=1S/C13H19N5O/c1-8-6-11(19-2)15-13-17-16-12(18(8)13)9-4-3-5-10(14)7-9/h6,9-10H,3-5,7,14H2,1-2H3/t9-,10?/m0/s1. The van der Waals surface area contributed by atoms with Gasteiger partial charge in [0.15, 0.2) is 0 Å². The van der Waals surface area contributed by atoms with Crippen molar-refractivity contribution in [1.29, 1.82) is 0 Å². The molecule has 102 valence electrons. The smallest absolute Gasteiger partial charge is 0.258 e. The maximum absolute atomic E-state index is 6.07. The van der Waals surface area contributed by atoms with Gasteiger partial charge in [-0.3, -0.25) is 4.40 Å². The zero-order valence-corrected chi connectivity index (χ0v) is 11.3. The molecule has 1 unspecified atom stereocenters. The van der Waals surface area contributed by atoms with Crippen LogP contribution in [0.15, 0.2) is 6.07 Å². The van der Waals surface area contributed by atoms with Crippen molar-refractivity contribution in [3.05, 3.63) is 17.6 Å². The molecular weight excluding hydrogens is 242 g/mol. The molecule has 2 heterocycles. The van der Waals surface area contributed by atoms with Crippen LogP contribution in [0.4, 0.5) is 0 Å².